The summed E-state index contributed by atoms with van der Waals surface area (Å²) < 4.78 is 5.93. The van der Waals surface area contributed by atoms with Crippen molar-refractivity contribution >= 4 is 29.0 Å². The highest BCUT2D eigenvalue weighted by Crippen LogP contribution is 2.34. The molecule has 1 aromatic carbocycles. The fraction of sp³-hybridized carbons (Fsp3) is 0.429. The predicted octanol–water partition coefficient (Wildman–Crippen LogP) is 4.72. The number of nitrogens with two attached hydrogens (primary N) is 1. The van der Waals surface area contributed by atoms with E-state index in [0.717, 1.165) is 50.9 Å². The van der Waals surface area contributed by atoms with Crippen LogP contribution in [0.4, 0.5) is 5.82 Å². The lowest BCUT2D eigenvalue weighted by atomic mass is 9.92. The Morgan fingerprint density at radius 1 is 1.11 bits per heavy atom. The van der Waals surface area contributed by atoms with Crippen molar-refractivity contribution in [2.45, 2.75) is 45.1 Å². The molecule has 194 valence electrons. The topological polar surface area (TPSA) is 110 Å². The molecule has 0 atom stereocenters. The van der Waals surface area contributed by atoms with Crippen molar-refractivity contribution in [1.82, 2.24) is 14.9 Å². The Kier molecular flexibility index (Phi) is 8.11. The van der Waals surface area contributed by atoms with E-state index in [4.69, 9.17) is 10.5 Å². The summed E-state index contributed by atoms with van der Waals surface area (Å²) in [6.45, 7) is 3.75. The molecule has 0 bridgehead atoms. The fourth-order valence-electron chi connectivity index (χ4n) is 4.70. The molecule has 3 N–H and O–H groups in total. The number of ether oxygens (including phenoxy) is 1. The predicted molar refractivity (Wildman–Crippen MR) is 144 cm³/mol. The number of hydrogen-bond acceptors (Lipinski definition) is 7. The van der Waals surface area contributed by atoms with Crippen molar-refractivity contribution in [2.24, 2.45) is 17.6 Å². The molecule has 37 heavy (non-hydrogen) atoms. The maximum absolute atomic E-state index is 12.1. The highest BCUT2D eigenvalue weighted by atomic mass is 32.1. The van der Waals surface area contributed by atoms with Crippen LogP contribution < -0.4 is 15.8 Å². The van der Waals surface area contributed by atoms with Crippen molar-refractivity contribution < 1.29 is 14.3 Å². The standard InChI is InChI=1S/C28H33N5O3S/c29-25(34)24-27(32-28(37-24)22-10-13-30-23(17-22)31-26(35)21-8-9-21)36-16-4-7-19-11-14-33(15-12-19)18-20-5-2-1-3-6-20/h1-3,5-6,10,13,17,19,21H,4,7-9,11-12,14-16,18H2,(H2,29,34)(H,30,31,35). The first-order valence-corrected chi connectivity index (χ1v) is 13.8. The largest absolute Gasteiger partial charge is 0.476 e. The van der Waals surface area contributed by atoms with E-state index in [9.17, 15) is 9.59 Å². The second kappa shape index (κ2) is 11.8. The van der Waals surface area contributed by atoms with Gasteiger partial charge in [-0.3, -0.25) is 14.5 Å². The van der Waals surface area contributed by atoms with Gasteiger partial charge in [0, 0.05) is 24.2 Å². The highest BCUT2D eigenvalue weighted by Gasteiger charge is 2.30. The normalized spacial score (nSPS) is 16.4. The summed E-state index contributed by atoms with van der Waals surface area (Å²) >= 11 is 1.20. The summed E-state index contributed by atoms with van der Waals surface area (Å²) in [7, 11) is 0. The molecule has 0 unspecified atom stereocenters. The van der Waals surface area contributed by atoms with Gasteiger partial charge in [-0.1, -0.05) is 30.3 Å². The Bertz CT molecular complexity index is 1220. The van der Waals surface area contributed by atoms with Crippen molar-refractivity contribution in [2.75, 3.05) is 25.0 Å². The van der Waals surface area contributed by atoms with Crippen LogP contribution >= 0.6 is 11.3 Å². The van der Waals surface area contributed by atoms with E-state index in [-0.39, 0.29) is 17.7 Å². The number of piperidine rings is 1. The van der Waals surface area contributed by atoms with Crippen LogP contribution in [0.3, 0.4) is 0 Å². The number of carbonyl (C=O) groups is 2. The summed E-state index contributed by atoms with van der Waals surface area (Å²) in [6, 6.07) is 14.2. The van der Waals surface area contributed by atoms with E-state index >= 15 is 0 Å². The fourth-order valence-corrected chi connectivity index (χ4v) is 5.56. The van der Waals surface area contributed by atoms with Crippen LogP contribution in [0.15, 0.2) is 48.7 Å². The Balaban J connectivity index is 1.11. The van der Waals surface area contributed by atoms with Crippen molar-refractivity contribution in [3.63, 3.8) is 0 Å². The van der Waals surface area contributed by atoms with E-state index in [1.165, 1.54) is 29.7 Å². The van der Waals surface area contributed by atoms with Crippen LogP contribution in [0.1, 0.15) is 53.8 Å². The zero-order chi connectivity index (χ0) is 25.6. The Hall–Kier alpha value is -3.30. The number of anilines is 1. The average Bonchev–Trinajstić information content (AvgIpc) is 3.68. The zero-order valence-electron chi connectivity index (χ0n) is 20.9. The van der Waals surface area contributed by atoms with Gasteiger partial charge in [0.1, 0.15) is 10.8 Å². The molecule has 8 nitrogen and oxygen atoms in total. The number of benzene rings is 1. The SMILES string of the molecule is NC(=O)c1sc(-c2ccnc(NC(=O)C3CC3)c2)nc1OCCCC1CCN(Cc2ccccc2)CC1. The van der Waals surface area contributed by atoms with Gasteiger partial charge in [0.05, 0.1) is 6.61 Å². The molecule has 1 saturated heterocycles. The monoisotopic (exact) mass is 519 g/mol. The molecule has 3 heterocycles. The molecule has 1 aliphatic heterocycles. The second-order valence-electron chi connectivity index (χ2n) is 9.91. The van der Waals surface area contributed by atoms with Gasteiger partial charge < -0.3 is 15.8 Å². The molecule has 1 saturated carbocycles. The van der Waals surface area contributed by atoms with E-state index in [0.29, 0.717) is 28.2 Å². The van der Waals surface area contributed by atoms with Gasteiger partial charge in [-0.2, -0.15) is 0 Å². The Labute approximate surface area is 221 Å². The van der Waals surface area contributed by atoms with Crippen LogP contribution in [0.25, 0.3) is 10.6 Å². The number of aromatic nitrogens is 2. The minimum Gasteiger partial charge on any atom is -0.476 e. The number of thiazole rings is 1. The van der Waals surface area contributed by atoms with Gasteiger partial charge in [-0.05, 0) is 75.2 Å². The van der Waals surface area contributed by atoms with Crippen LogP contribution in [0, 0.1) is 11.8 Å². The first-order chi connectivity index (χ1) is 18.0. The van der Waals surface area contributed by atoms with Crippen LogP contribution in [-0.4, -0.2) is 46.4 Å². The number of pyridine rings is 1. The maximum atomic E-state index is 12.1. The van der Waals surface area contributed by atoms with Gasteiger partial charge in [0.25, 0.3) is 5.91 Å². The number of nitrogens with zero attached hydrogens (tertiary/aromatic N) is 3. The number of likely N-dealkylation sites (tertiary alicyclic amines) is 1. The summed E-state index contributed by atoms with van der Waals surface area (Å²) in [5.74, 6) is 0.980. The minimum atomic E-state index is -0.555. The Morgan fingerprint density at radius 3 is 2.62 bits per heavy atom. The van der Waals surface area contributed by atoms with Gasteiger partial charge >= 0.3 is 0 Å². The third-order valence-electron chi connectivity index (χ3n) is 6.98. The van der Waals surface area contributed by atoms with E-state index in [1.807, 2.05) is 0 Å². The molecule has 9 heteroatoms. The number of amides is 2. The molecular formula is C28H33N5O3S. The molecule has 2 aliphatic rings. The summed E-state index contributed by atoms with van der Waals surface area (Å²) in [6.07, 6.45) is 7.86. The first kappa shape index (κ1) is 25.4. The quantitative estimate of drug-likeness (QED) is 0.355. The lowest BCUT2D eigenvalue weighted by Crippen LogP contribution is -2.33. The lowest BCUT2D eigenvalue weighted by Gasteiger charge is -2.32. The molecule has 0 spiro atoms. The molecule has 1 aliphatic carbocycles. The van der Waals surface area contributed by atoms with E-state index in [2.05, 4.69) is 50.5 Å². The van der Waals surface area contributed by atoms with Crippen molar-refractivity contribution in [3.8, 4) is 16.5 Å². The Morgan fingerprint density at radius 2 is 1.89 bits per heavy atom. The number of hydrogen-bond donors (Lipinski definition) is 2. The third-order valence-corrected chi connectivity index (χ3v) is 8.08. The van der Waals surface area contributed by atoms with Crippen LogP contribution in [0.5, 0.6) is 5.88 Å². The molecular weight excluding hydrogens is 486 g/mol. The average molecular weight is 520 g/mol. The molecule has 2 fully saturated rings. The maximum Gasteiger partial charge on any atom is 0.264 e. The molecule has 2 aromatic heterocycles. The van der Waals surface area contributed by atoms with E-state index < -0.39 is 5.91 Å². The molecule has 0 radical (unpaired) electrons. The van der Waals surface area contributed by atoms with Gasteiger partial charge in [0.2, 0.25) is 11.8 Å². The van der Waals surface area contributed by atoms with Crippen LogP contribution in [-0.2, 0) is 11.3 Å². The van der Waals surface area contributed by atoms with Gasteiger partial charge in [0.15, 0.2) is 4.88 Å². The third kappa shape index (κ3) is 6.93. The zero-order valence-corrected chi connectivity index (χ0v) is 21.7. The minimum absolute atomic E-state index is 0.00694. The lowest BCUT2D eigenvalue weighted by molar-refractivity contribution is -0.117. The number of primary amides is 1. The smallest absolute Gasteiger partial charge is 0.264 e. The van der Waals surface area contributed by atoms with Gasteiger partial charge in [-0.15, -0.1) is 11.3 Å². The summed E-state index contributed by atoms with van der Waals surface area (Å²) in [4.78, 5) is 35.7. The highest BCUT2D eigenvalue weighted by molar-refractivity contribution is 7.17. The van der Waals surface area contributed by atoms with Gasteiger partial charge in [-0.25, -0.2) is 9.97 Å². The molecule has 3 aromatic rings. The summed E-state index contributed by atoms with van der Waals surface area (Å²) in [5, 5.41) is 3.46. The number of carbonyl (C=O) groups excluding carboxylic acids is 2. The van der Waals surface area contributed by atoms with Crippen molar-refractivity contribution in [3.05, 3.63) is 59.1 Å². The van der Waals surface area contributed by atoms with Crippen molar-refractivity contribution in [1.29, 1.82) is 0 Å². The van der Waals surface area contributed by atoms with Crippen LogP contribution in [0.2, 0.25) is 0 Å². The number of nitrogens with one attached hydrogen (secondary N) is 1. The molecule has 5 rings (SSSR count). The first-order valence-electron chi connectivity index (χ1n) is 13.0. The molecule has 2 amide bonds. The number of rotatable bonds is 11. The summed E-state index contributed by atoms with van der Waals surface area (Å²) in [5.41, 5.74) is 7.73. The van der Waals surface area contributed by atoms with E-state index in [1.54, 1.807) is 18.3 Å². The second-order valence-corrected chi connectivity index (χ2v) is 10.9.